The summed E-state index contributed by atoms with van der Waals surface area (Å²) in [5, 5.41) is 0.658. The van der Waals surface area contributed by atoms with Crippen molar-refractivity contribution in [3.8, 4) is 0 Å². The van der Waals surface area contributed by atoms with Crippen LogP contribution in [-0.4, -0.2) is 23.4 Å². The summed E-state index contributed by atoms with van der Waals surface area (Å²) in [6.07, 6.45) is 2.80. The van der Waals surface area contributed by atoms with Gasteiger partial charge in [-0.25, -0.2) is 0 Å². The maximum absolute atomic E-state index is 13.9. The maximum atomic E-state index is 13.9. The van der Waals surface area contributed by atoms with E-state index < -0.39 is 0 Å². The topological polar surface area (TPSA) is 23.6 Å². The largest absolute Gasteiger partial charge is 0.288 e. The second kappa shape index (κ2) is 7.90. The van der Waals surface area contributed by atoms with E-state index >= 15 is 0 Å². The molecule has 0 spiro atoms. The number of benzene rings is 3. The lowest BCUT2D eigenvalue weighted by molar-refractivity contribution is -0.122. The number of fused-ring (bicyclic) bond motifs is 3. The Labute approximate surface area is 182 Å². The third-order valence-electron chi connectivity index (χ3n) is 6.47. The fourth-order valence-electron chi connectivity index (χ4n) is 4.72. The zero-order valence-electron chi connectivity index (χ0n) is 17.1. The Morgan fingerprint density at radius 3 is 2.30 bits per heavy atom. The summed E-state index contributed by atoms with van der Waals surface area (Å²) in [5.41, 5.74) is 6.98. The van der Waals surface area contributed by atoms with E-state index in [0.29, 0.717) is 5.02 Å². The predicted octanol–water partition coefficient (Wildman–Crippen LogP) is 5.55. The van der Waals surface area contributed by atoms with Crippen LogP contribution in [0.25, 0.3) is 0 Å². The van der Waals surface area contributed by atoms with E-state index in [-0.39, 0.29) is 11.9 Å². The lowest BCUT2D eigenvalue weighted by Gasteiger charge is -2.36. The SMILES string of the molecule is CC(C(=O)N1c2ccccc2CCc2ccc(Cl)cc21)N1CCc2ccccc2C1. The van der Waals surface area contributed by atoms with Crippen LogP contribution in [-0.2, 0) is 30.6 Å². The Balaban J connectivity index is 1.53. The average Bonchev–Trinajstić information content (AvgIpc) is 2.94. The summed E-state index contributed by atoms with van der Waals surface area (Å²) in [4.78, 5) is 18.1. The molecular formula is C26H25ClN2O. The quantitative estimate of drug-likeness (QED) is 0.546. The van der Waals surface area contributed by atoms with Gasteiger partial charge >= 0.3 is 0 Å². The van der Waals surface area contributed by atoms with Gasteiger partial charge in [0.25, 0.3) is 0 Å². The number of carbonyl (C=O) groups is 1. The summed E-state index contributed by atoms with van der Waals surface area (Å²) in [5.74, 6) is 0.104. The van der Waals surface area contributed by atoms with Gasteiger partial charge in [0.1, 0.15) is 0 Å². The molecule has 0 N–H and O–H groups in total. The maximum Gasteiger partial charge on any atom is 0.248 e. The van der Waals surface area contributed by atoms with Crippen molar-refractivity contribution in [2.45, 2.75) is 38.8 Å². The van der Waals surface area contributed by atoms with Gasteiger partial charge in [0.15, 0.2) is 0 Å². The molecule has 1 unspecified atom stereocenters. The van der Waals surface area contributed by atoms with E-state index in [1.54, 1.807) is 0 Å². The Kier molecular flexibility index (Phi) is 5.10. The molecule has 0 aliphatic carbocycles. The Hall–Kier alpha value is -2.62. The van der Waals surface area contributed by atoms with Crippen molar-refractivity contribution in [2.24, 2.45) is 0 Å². The molecule has 0 fully saturated rings. The van der Waals surface area contributed by atoms with Crippen molar-refractivity contribution in [3.05, 3.63) is 94.0 Å². The highest BCUT2D eigenvalue weighted by molar-refractivity contribution is 6.31. The minimum Gasteiger partial charge on any atom is -0.288 e. The zero-order valence-corrected chi connectivity index (χ0v) is 17.9. The summed E-state index contributed by atoms with van der Waals surface area (Å²) in [7, 11) is 0. The van der Waals surface area contributed by atoms with E-state index in [1.165, 1.54) is 22.3 Å². The van der Waals surface area contributed by atoms with Crippen LogP contribution >= 0.6 is 11.6 Å². The lowest BCUT2D eigenvalue weighted by atomic mass is 9.98. The van der Waals surface area contributed by atoms with Gasteiger partial charge in [0.05, 0.1) is 17.4 Å². The first-order valence-corrected chi connectivity index (χ1v) is 11.0. The highest BCUT2D eigenvalue weighted by Crippen LogP contribution is 2.38. The van der Waals surface area contributed by atoms with Gasteiger partial charge in [-0.3, -0.25) is 14.6 Å². The standard InChI is InChI=1S/C26H25ClN2O/c1-18(28-15-14-19-6-2-3-8-22(19)17-28)26(30)29-24-9-5-4-7-20(24)10-11-21-12-13-23(27)16-25(21)29/h2-9,12-13,16,18H,10-11,14-15,17H2,1H3. The van der Waals surface area contributed by atoms with E-state index in [0.717, 1.165) is 43.7 Å². The van der Waals surface area contributed by atoms with Gasteiger partial charge < -0.3 is 0 Å². The number of hydrogen-bond acceptors (Lipinski definition) is 2. The molecule has 4 heteroatoms. The molecule has 2 aliphatic heterocycles. The van der Waals surface area contributed by atoms with Gasteiger partial charge in [-0.1, -0.05) is 60.1 Å². The molecule has 2 heterocycles. The molecule has 0 saturated carbocycles. The van der Waals surface area contributed by atoms with Crippen LogP contribution in [0.5, 0.6) is 0 Å². The number of para-hydroxylation sites is 1. The summed E-state index contributed by atoms with van der Waals surface area (Å²) < 4.78 is 0. The molecule has 1 amide bonds. The van der Waals surface area contributed by atoms with Crippen molar-refractivity contribution in [1.82, 2.24) is 4.90 Å². The molecule has 152 valence electrons. The van der Waals surface area contributed by atoms with Crippen LogP contribution in [0, 0.1) is 0 Å². The van der Waals surface area contributed by atoms with Gasteiger partial charge in [-0.2, -0.15) is 0 Å². The first kappa shape index (κ1) is 19.3. The molecule has 0 bridgehead atoms. The van der Waals surface area contributed by atoms with Gasteiger partial charge in [0.2, 0.25) is 5.91 Å². The van der Waals surface area contributed by atoms with Gasteiger partial charge in [-0.15, -0.1) is 0 Å². The van der Waals surface area contributed by atoms with Gasteiger partial charge in [-0.05, 0) is 66.6 Å². The fraction of sp³-hybridized carbons (Fsp3) is 0.269. The number of carbonyl (C=O) groups excluding carboxylic acids is 1. The number of amides is 1. The van der Waals surface area contributed by atoms with Crippen molar-refractivity contribution < 1.29 is 4.79 Å². The molecule has 30 heavy (non-hydrogen) atoms. The van der Waals surface area contributed by atoms with Crippen LogP contribution in [0.15, 0.2) is 66.7 Å². The van der Waals surface area contributed by atoms with Gasteiger partial charge in [0, 0.05) is 18.1 Å². The smallest absolute Gasteiger partial charge is 0.248 e. The van der Waals surface area contributed by atoms with Crippen LogP contribution in [0.4, 0.5) is 11.4 Å². The average molecular weight is 417 g/mol. The van der Waals surface area contributed by atoms with E-state index in [4.69, 9.17) is 11.6 Å². The van der Waals surface area contributed by atoms with Crippen molar-refractivity contribution >= 4 is 28.9 Å². The first-order chi connectivity index (χ1) is 14.6. The molecule has 3 aromatic carbocycles. The van der Waals surface area contributed by atoms with Crippen LogP contribution in [0.1, 0.15) is 29.2 Å². The molecule has 0 saturated heterocycles. The monoisotopic (exact) mass is 416 g/mol. The molecule has 0 radical (unpaired) electrons. The summed E-state index contributed by atoms with van der Waals surface area (Å²) >= 11 is 6.36. The van der Waals surface area contributed by atoms with Crippen LogP contribution in [0.2, 0.25) is 5.02 Å². The number of aryl methyl sites for hydroxylation is 2. The number of halogens is 1. The number of rotatable bonds is 2. The van der Waals surface area contributed by atoms with E-state index in [2.05, 4.69) is 53.4 Å². The second-order valence-corrected chi connectivity index (χ2v) is 8.68. The number of hydrogen-bond donors (Lipinski definition) is 0. The minimum absolute atomic E-state index is 0.104. The molecule has 2 aliphatic rings. The minimum atomic E-state index is -0.226. The first-order valence-electron chi connectivity index (χ1n) is 10.6. The lowest BCUT2D eigenvalue weighted by Crippen LogP contribution is -2.47. The summed E-state index contributed by atoms with van der Waals surface area (Å²) in [6, 6.07) is 22.5. The molecule has 1 atom stereocenters. The third kappa shape index (κ3) is 3.42. The fourth-order valence-corrected chi connectivity index (χ4v) is 4.89. The molecule has 5 rings (SSSR count). The zero-order chi connectivity index (χ0) is 20.7. The second-order valence-electron chi connectivity index (χ2n) is 8.24. The predicted molar refractivity (Wildman–Crippen MR) is 122 cm³/mol. The highest BCUT2D eigenvalue weighted by Gasteiger charge is 2.33. The van der Waals surface area contributed by atoms with Crippen molar-refractivity contribution in [1.29, 1.82) is 0 Å². The van der Waals surface area contributed by atoms with Crippen LogP contribution < -0.4 is 4.90 Å². The van der Waals surface area contributed by atoms with E-state index in [1.807, 2.05) is 30.0 Å². The Morgan fingerprint density at radius 2 is 1.50 bits per heavy atom. The Bertz CT molecular complexity index is 1110. The molecular weight excluding hydrogens is 392 g/mol. The normalized spacial score (nSPS) is 16.8. The van der Waals surface area contributed by atoms with Crippen molar-refractivity contribution in [3.63, 3.8) is 0 Å². The summed E-state index contributed by atoms with van der Waals surface area (Å²) in [6.45, 7) is 3.73. The third-order valence-corrected chi connectivity index (χ3v) is 6.71. The van der Waals surface area contributed by atoms with Crippen molar-refractivity contribution in [2.75, 3.05) is 11.4 Å². The number of anilines is 2. The molecule has 0 aromatic heterocycles. The highest BCUT2D eigenvalue weighted by atomic mass is 35.5. The number of nitrogens with zero attached hydrogens (tertiary/aromatic N) is 2. The van der Waals surface area contributed by atoms with Crippen LogP contribution in [0.3, 0.4) is 0 Å². The molecule has 3 nitrogen and oxygen atoms in total. The molecule has 3 aromatic rings. The van der Waals surface area contributed by atoms with E-state index in [9.17, 15) is 4.79 Å². The Morgan fingerprint density at radius 1 is 0.833 bits per heavy atom.